The van der Waals surface area contributed by atoms with Crippen LogP contribution in [0.25, 0.3) is 0 Å². The number of nitrogens with one attached hydrogen (secondary N) is 1. The summed E-state index contributed by atoms with van der Waals surface area (Å²) in [7, 11) is 0. The molecule has 0 bridgehead atoms. The molecule has 2 aromatic rings. The quantitative estimate of drug-likeness (QED) is 0.853. The molecule has 4 heteroatoms. The van der Waals surface area contributed by atoms with E-state index < -0.39 is 5.54 Å². The minimum atomic E-state index is -0.884. The summed E-state index contributed by atoms with van der Waals surface area (Å²) in [4.78, 5) is 27.3. The van der Waals surface area contributed by atoms with Crippen LogP contribution in [0, 0.1) is 13.8 Å². The Kier molecular flexibility index (Phi) is 3.64. The van der Waals surface area contributed by atoms with Crippen LogP contribution in [0.15, 0.2) is 42.5 Å². The molecule has 1 fully saturated rings. The number of rotatable bonds is 2. The summed E-state index contributed by atoms with van der Waals surface area (Å²) in [6.45, 7) is 4.37. The van der Waals surface area contributed by atoms with Crippen LogP contribution in [-0.2, 0) is 23.3 Å². The Labute approximate surface area is 147 Å². The van der Waals surface area contributed by atoms with Gasteiger partial charge in [-0.2, -0.15) is 0 Å². The number of hydrogen-bond acceptors (Lipinski definition) is 2. The first-order valence-electron chi connectivity index (χ1n) is 8.79. The molecule has 4 nitrogen and oxygen atoms in total. The van der Waals surface area contributed by atoms with Gasteiger partial charge in [-0.3, -0.25) is 9.69 Å². The van der Waals surface area contributed by atoms with E-state index in [2.05, 4.69) is 17.4 Å². The Hall–Kier alpha value is -2.62. The van der Waals surface area contributed by atoms with E-state index in [9.17, 15) is 9.59 Å². The van der Waals surface area contributed by atoms with Crippen LogP contribution in [0.5, 0.6) is 0 Å². The van der Waals surface area contributed by atoms with Crippen molar-refractivity contribution in [1.29, 1.82) is 0 Å². The molecule has 1 unspecified atom stereocenters. The van der Waals surface area contributed by atoms with E-state index in [1.165, 1.54) is 4.90 Å². The van der Waals surface area contributed by atoms with Gasteiger partial charge in [-0.1, -0.05) is 53.6 Å². The lowest BCUT2D eigenvalue weighted by molar-refractivity contribution is -0.132. The summed E-state index contributed by atoms with van der Waals surface area (Å²) >= 11 is 0. The number of hydrogen-bond donors (Lipinski definition) is 1. The van der Waals surface area contributed by atoms with Crippen LogP contribution in [-0.4, -0.2) is 16.8 Å². The molecule has 128 valence electrons. The van der Waals surface area contributed by atoms with E-state index in [0.29, 0.717) is 13.0 Å². The fourth-order valence-electron chi connectivity index (χ4n) is 4.30. The summed E-state index contributed by atoms with van der Waals surface area (Å²) in [5, 5.41) is 3.01. The fraction of sp³-hybridized carbons (Fsp3) is 0.333. The summed E-state index contributed by atoms with van der Waals surface area (Å²) < 4.78 is 0. The van der Waals surface area contributed by atoms with Crippen molar-refractivity contribution in [2.45, 2.75) is 45.2 Å². The van der Waals surface area contributed by atoms with Crippen LogP contribution in [0.2, 0.25) is 0 Å². The van der Waals surface area contributed by atoms with E-state index in [1.54, 1.807) is 0 Å². The molecule has 3 amide bonds. The maximum atomic E-state index is 13.3. The smallest absolute Gasteiger partial charge is 0.319 e. The predicted octanol–water partition coefficient (Wildman–Crippen LogP) is 3.59. The molecular weight excluding hydrogens is 312 g/mol. The second-order valence-corrected chi connectivity index (χ2v) is 7.23. The number of amides is 3. The molecule has 1 heterocycles. The second-order valence-electron chi connectivity index (χ2n) is 7.23. The zero-order valence-electron chi connectivity index (χ0n) is 14.6. The molecule has 2 aliphatic rings. The van der Waals surface area contributed by atoms with Gasteiger partial charge in [-0.25, -0.2) is 4.79 Å². The Morgan fingerprint density at radius 1 is 1.08 bits per heavy atom. The van der Waals surface area contributed by atoms with Crippen molar-refractivity contribution in [3.8, 4) is 0 Å². The second kappa shape index (κ2) is 5.73. The Morgan fingerprint density at radius 3 is 2.56 bits per heavy atom. The number of benzene rings is 2. The molecule has 0 saturated carbocycles. The van der Waals surface area contributed by atoms with Gasteiger partial charge >= 0.3 is 6.03 Å². The number of imide groups is 1. The third-order valence-electron chi connectivity index (χ3n) is 5.27. The van der Waals surface area contributed by atoms with E-state index in [1.807, 2.05) is 44.2 Å². The van der Waals surface area contributed by atoms with Crippen LogP contribution in [0.1, 0.15) is 40.7 Å². The number of carbonyl (C=O) groups excluding carboxylic acids is 2. The first-order chi connectivity index (χ1) is 12.0. The number of urea groups is 1. The average molecular weight is 334 g/mol. The number of fused-ring (bicyclic) bond motifs is 2. The van der Waals surface area contributed by atoms with E-state index in [0.717, 1.165) is 40.7 Å². The predicted molar refractivity (Wildman–Crippen MR) is 96.1 cm³/mol. The first kappa shape index (κ1) is 15.9. The van der Waals surface area contributed by atoms with Gasteiger partial charge in [-0.05, 0) is 49.8 Å². The average Bonchev–Trinajstić information content (AvgIpc) is 2.79. The fourth-order valence-corrected chi connectivity index (χ4v) is 4.30. The van der Waals surface area contributed by atoms with Crippen molar-refractivity contribution >= 4 is 11.9 Å². The molecule has 4 rings (SSSR count). The van der Waals surface area contributed by atoms with Gasteiger partial charge in [0.05, 0.1) is 6.54 Å². The molecule has 1 saturated heterocycles. The van der Waals surface area contributed by atoms with E-state index >= 15 is 0 Å². The number of carbonyl (C=O) groups is 2. The largest absolute Gasteiger partial charge is 0.325 e. The van der Waals surface area contributed by atoms with E-state index in [4.69, 9.17) is 0 Å². The zero-order chi connectivity index (χ0) is 17.6. The monoisotopic (exact) mass is 334 g/mol. The Balaban J connectivity index is 1.70. The highest BCUT2D eigenvalue weighted by Crippen LogP contribution is 2.40. The van der Waals surface area contributed by atoms with Crippen LogP contribution < -0.4 is 5.32 Å². The minimum Gasteiger partial charge on any atom is -0.319 e. The lowest BCUT2D eigenvalue weighted by Crippen LogP contribution is -2.46. The normalized spacial score (nSPS) is 22.2. The molecule has 1 N–H and O–H groups in total. The summed E-state index contributed by atoms with van der Waals surface area (Å²) in [5.41, 5.74) is 4.50. The third kappa shape index (κ3) is 2.53. The van der Waals surface area contributed by atoms with Crippen molar-refractivity contribution in [2.24, 2.45) is 0 Å². The van der Waals surface area contributed by atoms with E-state index in [-0.39, 0.29) is 11.9 Å². The van der Waals surface area contributed by atoms with Crippen molar-refractivity contribution in [3.63, 3.8) is 0 Å². The maximum absolute atomic E-state index is 13.3. The van der Waals surface area contributed by atoms with Gasteiger partial charge in [0.15, 0.2) is 0 Å². The molecular formula is C21H22N2O2. The van der Waals surface area contributed by atoms with Gasteiger partial charge in [0, 0.05) is 0 Å². The lowest BCUT2D eigenvalue weighted by Gasteiger charge is -2.33. The minimum absolute atomic E-state index is 0.121. The standard InChI is InChI=1S/C21H22N2O2/c1-14-10-15(2)12-16(11-14)13-23-19(24)21(22-20(23)25)9-5-7-17-6-3-4-8-18(17)21/h3-4,6,8,10-12H,5,7,9,13H2,1-2H3,(H,22,25). The van der Waals surface area contributed by atoms with Crippen molar-refractivity contribution in [3.05, 3.63) is 70.3 Å². The topological polar surface area (TPSA) is 49.4 Å². The molecule has 2 aromatic carbocycles. The highest BCUT2D eigenvalue weighted by Gasteiger charge is 2.53. The molecule has 1 spiro atoms. The third-order valence-corrected chi connectivity index (χ3v) is 5.27. The number of aryl methyl sites for hydroxylation is 3. The van der Waals surface area contributed by atoms with Crippen LogP contribution >= 0.6 is 0 Å². The van der Waals surface area contributed by atoms with Gasteiger partial charge in [-0.15, -0.1) is 0 Å². The first-order valence-corrected chi connectivity index (χ1v) is 8.79. The Bertz CT molecular complexity index is 854. The highest BCUT2D eigenvalue weighted by atomic mass is 16.2. The van der Waals surface area contributed by atoms with Gasteiger partial charge in [0.25, 0.3) is 5.91 Å². The van der Waals surface area contributed by atoms with Gasteiger partial charge in [0.2, 0.25) is 0 Å². The van der Waals surface area contributed by atoms with Crippen molar-refractivity contribution in [2.75, 3.05) is 0 Å². The molecule has 1 atom stereocenters. The number of nitrogens with zero attached hydrogens (tertiary/aromatic N) is 1. The SMILES string of the molecule is Cc1cc(C)cc(CN2C(=O)NC3(CCCc4ccccc43)C2=O)c1. The van der Waals surface area contributed by atoms with Gasteiger partial charge in [0.1, 0.15) is 5.54 Å². The van der Waals surface area contributed by atoms with Gasteiger partial charge < -0.3 is 5.32 Å². The lowest BCUT2D eigenvalue weighted by atomic mass is 9.76. The zero-order valence-corrected chi connectivity index (χ0v) is 14.6. The highest BCUT2D eigenvalue weighted by molar-refractivity contribution is 6.07. The summed E-state index contributed by atoms with van der Waals surface area (Å²) in [5.74, 6) is -0.121. The molecule has 0 radical (unpaired) electrons. The van der Waals surface area contributed by atoms with Crippen molar-refractivity contribution < 1.29 is 9.59 Å². The van der Waals surface area contributed by atoms with Crippen molar-refractivity contribution in [1.82, 2.24) is 10.2 Å². The summed E-state index contributed by atoms with van der Waals surface area (Å²) in [6, 6.07) is 13.8. The molecule has 0 aromatic heterocycles. The van der Waals surface area contributed by atoms with Crippen LogP contribution in [0.4, 0.5) is 4.79 Å². The Morgan fingerprint density at radius 2 is 1.80 bits per heavy atom. The molecule has 1 aliphatic carbocycles. The molecule has 25 heavy (non-hydrogen) atoms. The van der Waals surface area contributed by atoms with Crippen LogP contribution in [0.3, 0.4) is 0 Å². The summed E-state index contributed by atoms with van der Waals surface area (Å²) in [6.07, 6.45) is 2.52. The maximum Gasteiger partial charge on any atom is 0.325 e. The molecule has 1 aliphatic heterocycles.